The van der Waals surface area contributed by atoms with Gasteiger partial charge in [0, 0.05) is 25.2 Å². The van der Waals surface area contributed by atoms with Gasteiger partial charge in [-0.25, -0.2) is 9.97 Å². The number of rotatable bonds is 1. The molecule has 0 spiro atoms. The van der Waals surface area contributed by atoms with Gasteiger partial charge in [-0.05, 0) is 29.7 Å². The average Bonchev–Trinajstić information content (AvgIpc) is 2.52. The van der Waals surface area contributed by atoms with Gasteiger partial charge in [0.25, 0.3) is 0 Å². The van der Waals surface area contributed by atoms with Crippen LogP contribution in [-0.2, 0) is 0 Å². The number of benzene rings is 3. The van der Waals surface area contributed by atoms with Gasteiger partial charge in [-0.2, -0.15) is 0 Å². The molecule has 0 bridgehead atoms. The second-order valence-electron chi connectivity index (χ2n) is 5.45. The zero-order chi connectivity index (χ0) is 14.4. The van der Waals surface area contributed by atoms with E-state index in [-0.39, 0.29) is 0 Å². The maximum absolute atomic E-state index is 4.83. The Morgan fingerprint density at radius 2 is 1.57 bits per heavy atom. The minimum atomic E-state index is 0.934. The molecule has 21 heavy (non-hydrogen) atoms. The van der Waals surface area contributed by atoms with Crippen molar-refractivity contribution >= 4 is 38.5 Å². The largest absolute Gasteiger partial charge is 0.378 e. The predicted molar refractivity (Wildman–Crippen MR) is 88.9 cm³/mol. The molecule has 0 unspecified atom stereocenters. The van der Waals surface area contributed by atoms with Crippen LogP contribution in [0.3, 0.4) is 0 Å². The van der Waals surface area contributed by atoms with E-state index in [4.69, 9.17) is 9.97 Å². The molecule has 4 aromatic rings. The van der Waals surface area contributed by atoms with Gasteiger partial charge in [-0.1, -0.05) is 30.3 Å². The van der Waals surface area contributed by atoms with Gasteiger partial charge in [-0.15, -0.1) is 0 Å². The third kappa shape index (κ3) is 1.89. The first-order chi connectivity index (χ1) is 10.2. The highest BCUT2D eigenvalue weighted by atomic mass is 15.1. The monoisotopic (exact) mass is 273 g/mol. The molecule has 0 atom stereocenters. The van der Waals surface area contributed by atoms with E-state index in [1.54, 1.807) is 0 Å². The van der Waals surface area contributed by atoms with Crippen molar-refractivity contribution in [2.75, 3.05) is 19.0 Å². The van der Waals surface area contributed by atoms with Gasteiger partial charge in [0.15, 0.2) is 0 Å². The summed E-state index contributed by atoms with van der Waals surface area (Å²) < 4.78 is 0. The second kappa shape index (κ2) is 4.42. The van der Waals surface area contributed by atoms with Crippen LogP contribution in [0.4, 0.5) is 5.69 Å². The van der Waals surface area contributed by atoms with Crippen LogP contribution in [0, 0.1) is 0 Å². The van der Waals surface area contributed by atoms with Gasteiger partial charge in [0.2, 0.25) is 0 Å². The van der Waals surface area contributed by atoms with Gasteiger partial charge >= 0.3 is 0 Å². The summed E-state index contributed by atoms with van der Waals surface area (Å²) in [4.78, 5) is 11.7. The molecular formula is C18H15N3. The van der Waals surface area contributed by atoms with E-state index in [1.165, 1.54) is 5.39 Å². The van der Waals surface area contributed by atoms with Crippen molar-refractivity contribution in [3.05, 3.63) is 54.6 Å². The minimum Gasteiger partial charge on any atom is -0.378 e. The number of nitrogens with zero attached hydrogens (tertiary/aromatic N) is 3. The lowest BCUT2D eigenvalue weighted by Crippen LogP contribution is -2.08. The molecule has 0 aliphatic heterocycles. The lowest BCUT2D eigenvalue weighted by Gasteiger charge is -2.13. The van der Waals surface area contributed by atoms with E-state index < -0.39 is 0 Å². The first-order valence-electron chi connectivity index (χ1n) is 6.99. The summed E-state index contributed by atoms with van der Waals surface area (Å²) in [7, 11) is 4.06. The molecule has 102 valence electrons. The highest BCUT2D eigenvalue weighted by Gasteiger charge is 2.06. The number of fused-ring (bicyclic) bond motifs is 4. The van der Waals surface area contributed by atoms with Crippen molar-refractivity contribution in [1.29, 1.82) is 0 Å². The molecule has 1 heterocycles. The van der Waals surface area contributed by atoms with Crippen LogP contribution >= 0.6 is 0 Å². The zero-order valence-electron chi connectivity index (χ0n) is 12.0. The number of aromatic nitrogens is 2. The molecular weight excluding hydrogens is 258 g/mol. The fraction of sp³-hybridized carbons (Fsp3) is 0.111. The van der Waals surface area contributed by atoms with Crippen molar-refractivity contribution in [3.8, 4) is 0 Å². The third-order valence-electron chi connectivity index (χ3n) is 3.83. The van der Waals surface area contributed by atoms with Gasteiger partial charge in [-0.3, -0.25) is 0 Å². The average molecular weight is 273 g/mol. The Hall–Kier alpha value is -2.68. The molecule has 0 amide bonds. The molecule has 4 rings (SSSR count). The van der Waals surface area contributed by atoms with E-state index >= 15 is 0 Å². The van der Waals surface area contributed by atoms with Crippen LogP contribution in [0.5, 0.6) is 0 Å². The van der Waals surface area contributed by atoms with Crippen molar-refractivity contribution in [3.63, 3.8) is 0 Å². The van der Waals surface area contributed by atoms with Crippen LogP contribution in [0.25, 0.3) is 32.8 Å². The highest BCUT2D eigenvalue weighted by molar-refractivity contribution is 6.05. The molecule has 0 N–H and O–H groups in total. The van der Waals surface area contributed by atoms with Crippen LogP contribution in [-0.4, -0.2) is 24.1 Å². The molecule has 3 aromatic carbocycles. The molecule has 0 radical (unpaired) electrons. The van der Waals surface area contributed by atoms with Gasteiger partial charge in [0.1, 0.15) is 0 Å². The maximum Gasteiger partial charge on any atom is 0.0972 e. The fourth-order valence-corrected chi connectivity index (χ4v) is 2.68. The van der Waals surface area contributed by atoms with E-state index in [9.17, 15) is 0 Å². The molecule has 0 fully saturated rings. The Morgan fingerprint density at radius 1 is 0.762 bits per heavy atom. The summed E-state index contributed by atoms with van der Waals surface area (Å²) in [5.41, 5.74) is 4.92. The maximum atomic E-state index is 4.83. The molecule has 0 aliphatic carbocycles. The van der Waals surface area contributed by atoms with E-state index in [2.05, 4.69) is 35.2 Å². The van der Waals surface area contributed by atoms with E-state index in [1.807, 2.05) is 38.4 Å². The van der Waals surface area contributed by atoms with Gasteiger partial charge < -0.3 is 4.90 Å². The van der Waals surface area contributed by atoms with Crippen LogP contribution in [0.2, 0.25) is 0 Å². The quantitative estimate of drug-likeness (QED) is 0.388. The lowest BCUT2D eigenvalue weighted by molar-refractivity contribution is 1.13. The van der Waals surface area contributed by atoms with Gasteiger partial charge in [0.05, 0.1) is 22.1 Å². The summed E-state index contributed by atoms with van der Waals surface area (Å²) in [6.07, 6.45) is 0. The molecule has 0 saturated carbocycles. The number of hydrogen-bond acceptors (Lipinski definition) is 3. The second-order valence-corrected chi connectivity index (χ2v) is 5.45. The summed E-state index contributed by atoms with van der Waals surface area (Å²) in [6, 6.07) is 18.7. The number of hydrogen-bond donors (Lipinski definition) is 0. The first kappa shape index (κ1) is 12.1. The summed E-state index contributed by atoms with van der Waals surface area (Å²) in [5, 5.41) is 2.35. The third-order valence-corrected chi connectivity index (χ3v) is 3.83. The Bertz CT molecular complexity index is 974. The minimum absolute atomic E-state index is 0.934. The lowest BCUT2D eigenvalue weighted by atomic mass is 10.1. The topological polar surface area (TPSA) is 29.0 Å². The Kier molecular flexibility index (Phi) is 2.54. The zero-order valence-corrected chi connectivity index (χ0v) is 12.0. The molecule has 3 heteroatoms. The summed E-state index contributed by atoms with van der Waals surface area (Å²) in [5.74, 6) is 0. The van der Waals surface area contributed by atoms with Crippen molar-refractivity contribution in [1.82, 2.24) is 9.97 Å². The van der Waals surface area contributed by atoms with E-state index in [0.717, 1.165) is 33.1 Å². The smallest absolute Gasteiger partial charge is 0.0972 e. The van der Waals surface area contributed by atoms with Crippen molar-refractivity contribution in [2.24, 2.45) is 0 Å². The summed E-state index contributed by atoms with van der Waals surface area (Å²) >= 11 is 0. The standard InChI is InChI=1S/C18H15N3/c1-21(2)13-8-10-15-17(11-13)19-16-9-7-12-5-3-4-6-14(12)18(16)20-15/h3-11H,1-2H3. The molecule has 1 aromatic heterocycles. The molecule has 0 saturated heterocycles. The van der Waals surface area contributed by atoms with Crippen LogP contribution in [0.15, 0.2) is 54.6 Å². The highest BCUT2D eigenvalue weighted by Crippen LogP contribution is 2.26. The van der Waals surface area contributed by atoms with E-state index in [0.29, 0.717) is 0 Å². The predicted octanol–water partition coefficient (Wildman–Crippen LogP) is 4.00. The van der Waals surface area contributed by atoms with Crippen LogP contribution < -0.4 is 4.90 Å². The molecule has 3 nitrogen and oxygen atoms in total. The van der Waals surface area contributed by atoms with Crippen LogP contribution in [0.1, 0.15) is 0 Å². The normalized spacial score (nSPS) is 11.3. The molecule has 0 aliphatic rings. The Labute approximate surface area is 122 Å². The number of anilines is 1. The SMILES string of the molecule is CN(C)c1ccc2nc3c(ccc4ccccc43)nc2c1. The summed E-state index contributed by atoms with van der Waals surface area (Å²) in [6.45, 7) is 0. The first-order valence-corrected chi connectivity index (χ1v) is 6.99. The Morgan fingerprint density at radius 3 is 2.43 bits per heavy atom. The Balaban J connectivity index is 2.10. The van der Waals surface area contributed by atoms with Crippen molar-refractivity contribution in [2.45, 2.75) is 0 Å². The van der Waals surface area contributed by atoms with Crippen molar-refractivity contribution < 1.29 is 0 Å². The fourth-order valence-electron chi connectivity index (χ4n) is 2.68.